The van der Waals surface area contributed by atoms with Crippen LogP contribution in [0.4, 0.5) is 0 Å². The van der Waals surface area contributed by atoms with Crippen LogP contribution in [0.15, 0.2) is 24.3 Å². The molecule has 17 heavy (non-hydrogen) atoms. The molecule has 2 heteroatoms. The molecule has 0 unspecified atom stereocenters. The van der Waals surface area contributed by atoms with Gasteiger partial charge in [0.15, 0.2) is 0 Å². The quantitative estimate of drug-likeness (QED) is 0.740. The second-order valence-corrected chi connectivity index (χ2v) is 5.58. The number of rotatable bonds is 4. The Hall–Kier alpha value is -1.31. The molecule has 0 fully saturated rings. The van der Waals surface area contributed by atoms with Crippen molar-refractivity contribution in [3.63, 3.8) is 0 Å². The maximum absolute atomic E-state index is 11.7. The number of carbonyl (C=O) groups excluding carboxylic acids is 1. The van der Waals surface area contributed by atoms with E-state index in [1.165, 1.54) is 5.56 Å². The van der Waals surface area contributed by atoms with E-state index in [9.17, 15) is 4.79 Å². The summed E-state index contributed by atoms with van der Waals surface area (Å²) in [6, 6.07) is 7.68. The number of aryl methyl sites for hydroxylation is 1. The maximum Gasteiger partial charge on any atom is 0.338 e. The molecule has 0 amide bonds. The Balaban J connectivity index is 2.57. The third kappa shape index (κ3) is 5.03. The molecule has 0 aliphatic rings. The molecule has 0 bridgehead atoms. The smallest absolute Gasteiger partial charge is 0.338 e. The van der Waals surface area contributed by atoms with Crippen molar-refractivity contribution in [2.24, 2.45) is 5.41 Å². The van der Waals surface area contributed by atoms with Crippen LogP contribution in [0.3, 0.4) is 0 Å². The number of hydrogen-bond acceptors (Lipinski definition) is 2. The molecule has 0 spiro atoms. The number of ether oxygens (including phenoxy) is 1. The van der Waals surface area contributed by atoms with Crippen molar-refractivity contribution >= 4 is 5.97 Å². The molecule has 0 saturated heterocycles. The Morgan fingerprint density at radius 3 is 2.24 bits per heavy atom. The second kappa shape index (κ2) is 5.85. The van der Waals surface area contributed by atoms with Crippen LogP contribution in [0, 0.1) is 5.41 Å². The lowest BCUT2D eigenvalue weighted by Crippen LogP contribution is -2.18. The highest BCUT2D eigenvalue weighted by atomic mass is 16.5. The first-order valence-corrected chi connectivity index (χ1v) is 6.18. The summed E-state index contributed by atoms with van der Waals surface area (Å²) in [4.78, 5) is 11.7. The minimum Gasteiger partial charge on any atom is -0.462 e. The average molecular weight is 234 g/mol. The molecule has 1 rings (SSSR count). The van der Waals surface area contributed by atoms with Crippen molar-refractivity contribution < 1.29 is 9.53 Å². The van der Waals surface area contributed by atoms with E-state index in [1.807, 2.05) is 45.0 Å². The third-order valence-corrected chi connectivity index (χ3v) is 2.36. The van der Waals surface area contributed by atoms with Crippen LogP contribution in [-0.4, -0.2) is 12.6 Å². The molecule has 0 radical (unpaired) electrons. The van der Waals surface area contributed by atoms with Gasteiger partial charge < -0.3 is 4.74 Å². The molecule has 0 atom stereocenters. The first-order chi connectivity index (χ1) is 7.92. The SMILES string of the molecule is CCCc1ccc(C(=O)OCC(C)(C)C)cc1. The average Bonchev–Trinajstić information content (AvgIpc) is 2.26. The highest BCUT2D eigenvalue weighted by Crippen LogP contribution is 2.15. The summed E-state index contributed by atoms with van der Waals surface area (Å²) in [7, 11) is 0. The van der Waals surface area contributed by atoms with Crippen LogP contribution in [-0.2, 0) is 11.2 Å². The molecule has 1 aromatic carbocycles. The monoisotopic (exact) mass is 234 g/mol. The molecule has 2 nitrogen and oxygen atoms in total. The van der Waals surface area contributed by atoms with Crippen LogP contribution in [0.5, 0.6) is 0 Å². The van der Waals surface area contributed by atoms with Crippen molar-refractivity contribution in [1.29, 1.82) is 0 Å². The summed E-state index contributed by atoms with van der Waals surface area (Å²) in [5.74, 6) is -0.233. The van der Waals surface area contributed by atoms with Gasteiger partial charge in [0.25, 0.3) is 0 Å². The predicted molar refractivity (Wildman–Crippen MR) is 70.2 cm³/mol. The van der Waals surface area contributed by atoms with Gasteiger partial charge in [-0.3, -0.25) is 0 Å². The van der Waals surface area contributed by atoms with Crippen molar-refractivity contribution in [3.8, 4) is 0 Å². The van der Waals surface area contributed by atoms with Gasteiger partial charge in [0.05, 0.1) is 12.2 Å². The van der Waals surface area contributed by atoms with Crippen LogP contribution in [0.1, 0.15) is 50.0 Å². The maximum atomic E-state index is 11.7. The number of hydrogen-bond donors (Lipinski definition) is 0. The van der Waals surface area contributed by atoms with Crippen LogP contribution >= 0.6 is 0 Å². The van der Waals surface area contributed by atoms with Gasteiger partial charge in [0.1, 0.15) is 0 Å². The Labute approximate surface area is 104 Å². The molecular formula is C15H22O2. The van der Waals surface area contributed by atoms with Crippen LogP contribution < -0.4 is 0 Å². The van der Waals surface area contributed by atoms with Gasteiger partial charge >= 0.3 is 5.97 Å². The van der Waals surface area contributed by atoms with Gasteiger partial charge in [-0.05, 0) is 29.5 Å². The summed E-state index contributed by atoms with van der Waals surface area (Å²) in [6.45, 7) is 8.73. The molecule has 0 aromatic heterocycles. The van der Waals surface area contributed by atoms with E-state index in [0.717, 1.165) is 12.8 Å². The van der Waals surface area contributed by atoms with Gasteiger partial charge in [0, 0.05) is 0 Å². The summed E-state index contributed by atoms with van der Waals surface area (Å²) in [6.07, 6.45) is 2.17. The van der Waals surface area contributed by atoms with Crippen LogP contribution in [0.25, 0.3) is 0 Å². The lowest BCUT2D eigenvalue weighted by atomic mass is 9.99. The minimum atomic E-state index is -0.233. The number of benzene rings is 1. The van der Waals surface area contributed by atoms with E-state index in [-0.39, 0.29) is 11.4 Å². The van der Waals surface area contributed by atoms with Crippen molar-refractivity contribution in [3.05, 3.63) is 35.4 Å². The lowest BCUT2D eigenvalue weighted by Gasteiger charge is -2.17. The third-order valence-electron chi connectivity index (χ3n) is 2.36. The highest BCUT2D eigenvalue weighted by Gasteiger charge is 2.14. The standard InChI is InChI=1S/C15H22O2/c1-5-6-12-7-9-13(10-8-12)14(16)17-11-15(2,3)4/h7-10H,5-6,11H2,1-4H3. The summed E-state index contributed by atoms with van der Waals surface area (Å²) < 4.78 is 5.25. The van der Waals surface area contributed by atoms with Gasteiger partial charge in [-0.2, -0.15) is 0 Å². The number of esters is 1. The molecule has 0 saturated carbocycles. The Morgan fingerprint density at radius 1 is 1.18 bits per heavy atom. The first-order valence-electron chi connectivity index (χ1n) is 6.18. The topological polar surface area (TPSA) is 26.3 Å². The summed E-state index contributed by atoms with van der Waals surface area (Å²) in [5.41, 5.74) is 1.91. The number of carbonyl (C=O) groups is 1. The van der Waals surface area contributed by atoms with Gasteiger partial charge in [-0.15, -0.1) is 0 Å². The zero-order valence-corrected chi connectivity index (χ0v) is 11.2. The fraction of sp³-hybridized carbons (Fsp3) is 0.533. The highest BCUT2D eigenvalue weighted by molar-refractivity contribution is 5.89. The Morgan fingerprint density at radius 2 is 1.76 bits per heavy atom. The molecule has 0 N–H and O–H groups in total. The molecule has 0 aliphatic carbocycles. The van der Waals surface area contributed by atoms with E-state index in [1.54, 1.807) is 0 Å². The minimum absolute atomic E-state index is 0.0117. The van der Waals surface area contributed by atoms with E-state index < -0.39 is 0 Å². The van der Waals surface area contributed by atoms with Gasteiger partial charge in [0.2, 0.25) is 0 Å². The zero-order chi connectivity index (χ0) is 12.9. The van der Waals surface area contributed by atoms with E-state index >= 15 is 0 Å². The predicted octanol–water partition coefficient (Wildman–Crippen LogP) is 3.84. The molecule has 0 aliphatic heterocycles. The van der Waals surface area contributed by atoms with Gasteiger partial charge in [-0.1, -0.05) is 46.2 Å². The second-order valence-electron chi connectivity index (χ2n) is 5.58. The van der Waals surface area contributed by atoms with E-state index in [2.05, 4.69) is 6.92 Å². The van der Waals surface area contributed by atoms with E-state index in [0.29, 0.717) is 12.2 Å². The van der Waals surface area contributed by atoms with Crippen molar-refractivity contribution in [1.82, 2.24) is 0 Å². The Bertz CT molecular complexity index is 358. The van der Waals surface area contributed by atoms with Crippen molar-refractivity contribution in [2.45, 2.75) is 40.5 Å². The summed E-state index contributed by atoms with van der Waals surface area (Å²) >= 11 is 0. The van der Waals surface area contributed by atoms with Gasteiger partial charge in [-0.25, -0.2) is 4.79 Å². The lowest BCUT2D eigenvalue weighted by molar-refractivity contribution is 0.0367. The van der Waals surface area contributed by atoms with Crippen LogP contribution in [0.2, 0.25) is 0 Å². The van der Waals surface area contributed by atoms with E-state index in [4.69, 9.17) is 4.74 Å². The largest absolute Gasteiger partial charge is 0.462 e. The zero-order valence-electron chi connectivity index (χ0n) is 11.2. The molecular weight excluding hydrogens is 212 g/mol. The fourth-order valence-corrected chi connectivity index (χ4v) is 1.46. The molecule has 0 heterocycles. The summed E-state index contributed by atoms with van der Waals surface area (Å²) in [5, 5.41) is 0. The fourth-order valence-electron chi connectivity index (χ4n) is 1.46. The Kier molecular flexibility index (Phi) is 4.73. The van der Waals surface area contributed by atoms with Crippen molar-refractivity contribution in [2.75, 3.05) is 6.61 Å². The molecule has 1 aromatic rings. The first kappa shape index (κ1) is 13.8. The normalized spacial score (nSPS) is 11.3. The molecule has 94 valence electrons.